The molecule has 1 atom stereocenters. The van der Waals surface area contributed by atoms with Crippen LogP contribution in [0.1, 0.15) is 40.8 Å². The van der Waals surface area contributed by atoms with Crippen LogP contribution in [-0.4, -0.2) is 31.3 Å². The lowest BCUT2D eigenvalue weighted by Gasteiger charge is -2.23. The average Bonchev–Trinajstić information content (AvgIpc) is 2.93. The van der Waals surface area contributed by atoms with Crippen LogP contribution >= 0.6 is 0 Å². The number of amides is 1. The van der Waals surface area contributed by atoms with Crippen molar-refractivity contribution in [2.24, 2.45) is 0 Å². The summed E-state index contributed by atoms with van der Waals surface area (Å²) in [5.41, 5.74) is 2.11. The molecule has 7 heteroatoms. The second-order valence-electron chi connectivity index (χ2n) is 4.16. The quantitative estimate of drug-likeness (QED) is 0.797. The number of aromatic nitrogens is 5. The zero-order valence-electron chi connectivity index (χ0n) is 9.63. The molecule has 1 amide bonds. The van der Waals surface area contributed by atoms with Crippen molar-refractivity contribution in [3.63, 3.8) is 0 Å². The molecule has 92 valence electrons. The number of H-pyrrole nitrogens is 1. The molecule has 0 fully saturated rings. The van der Waals surface area contributed by atoms with Crippen LogP contribution in [0.2, 0.25) is 0 Å². The van der Waals surface area contributed by atoms with E-state index in [2.05, 4.69) is 30.7 Å². The van der Waals surface area contributed by atoms with Gasteiger partial charge in [0.25, 0.3) is 5.91 Å². The van der Waals surface area contributed by atoms with Gasteiger partial charge in [-0.15, -0.1) is 0 Å². The number of aromatic amines is 1. The van der Waals surface area contributed by atoms with E-state index >= 15 is 0 Å². The van der Waals surface area contributed by atoms with E-state index in [1.54, 1.807) is 12.4 Å². The minimum Gasteiger partial charge on any atom is -0.342 e. The Labute approximate surface area is 103 Å². The van der Waals surface area contributed by atoms with Gasteiger partial charge in [-0.3, -0.25) is 14.8 Å². The minimum atomic E-state index is -0.243. The van der Waals surface area contributed by atoms with Crippen LogP contribution in [0, 0.1) is 0 Å². The molecular weight excluding hydrogens is 232 g/mol. The monoisotopic (exact) mass is 244 g/mol. The second-order valence-corrected chi connectivity index (χ2v) is 4.16. The van der Waals surface area contributed by atoms with E-state index in [9.17, 15) is 4.79 Å². The van der Waals surface area contributed by atoms with Crippen LogP contribution in [0.5, 0.6) is 0 Å². The molecule has 0 aliphatic heterocycles. The summed E-state index contributed by atoms with van der Waals surface area (Å²) in [4.78, 5) is 20.5. The van der Waals surface area contributed by atoms with Gasteiger partial charge in [0.2, 0.25) is 0 Å². The first-order chi connectivity index (χ1) is 8.84. The summed E-state index contributed by atoms with van der Waals surface area (Å²) >= 11 is 0. The van der Waals surface area contributed by atoms with Crippen molar-refractivity contribution < 1.29 is 4.79 Å². The standard InChI is InChI=1S/C11H12N6O/c18-11(9-6-14-17-16-9)15-8-3-1-2-7-10(8)13-5-4-12-7/h4-6,8H,1-3H2,(H,15,18)(H,14,16,17). The third-order valence-corrected chi connectivity index (χ3v) is 3.00. The Hall–Kier alpha value is -2.31. The molecule has 2 heterocycles. The van der Waals surface area contributed by atoms with Gasteiger partial charge in [0.1, 0.15) is 0 Å². The number of nitrogens with zero attached hydrogens (tertiary/aromatic N) is 4. The number of fused-ring (bicyclic) bond motifs is 1. The van der Waals surface area contributed by atoms with Crippen molar-refractivity contribution in [2.45, 2.75) is 25.3 Å². The highest BCUT2D eigenvalue weighted by Gasteiger charge is 2.24. The lowest BCUT2D eigenvalue weighted by atomic mass is 9.95. The van der Waals surface area contributed by atoms with E-state index < -0.39 is 0 Å². The zero-order chi connectivity index (χ0) is 12.4. The summed E-state index contributed by atoms with van der Waals surface area (Å²) in [5, 5.41) is 12.7. The second kappa shape index (κ2) is 4.52. The fraction of sp³-hybridized carbons (Fsp3) is 0.364. The Morgan fingerprint density at radius 2 is 2.28 bits per heavy atom. The predicted molar refractivity (Wildman–Crippen MR) is 61.6 cm³/mol. The number of carbonyl (C=O) groups excluding carboxylic acids is 1. The van der Waals surface area contributed by atoms with E-state index in [1.807, 2.05) is 0 Å². The first-order valence-electron chi connectivity index (χ1n) is 5.81. The number of hydrogen-bond donors (Lipinski definition) is 2. The number of nitrogens with one attached hydrogen (secondary N) is 2. The highest BCUT2D eigenvalue weighted by molar-refractivity contribution is 5.92. The van der Waals surface area contributed by atoms with Crippen LogP contribution in [-0.2, 0) is 6.42 Å². The zero-order valence-corrected chi connectivity index (χ0v) is 9.63. The van der Waals surface area contributed by atoms with Gasteiger partial charge >= 0.3 is 0 Å². The van der Waals surface area contributed by atoms with Crippen molar-refractivity contribution in [1.82, 2.24) is 30.7 Å². The normalized spacial score (nSPS) is 18.1. The van der Waals surface area contributed by atoms with Crippen molar-refractivity contribution >= 4 is 5.91 Å². The Bertz CT molecular complexity index is 552. The maximum Gasteiger partial charge on any atom is 0.273 e. The lowest BCUT2D eigenvalue weighted by molar-refractivity contribution is 0.0926. The molecule has 0 aromatic carbocycles. The molecule has 1 aliphatic carbocycles. The highest BCUT2D eigenvalue weighted by atomic mass is 16.2. The molecule has 3 rings (SSSR count). The van der Waals surface area contributed by atoms with Gasteiger partial charge in [0.05, 0.1) is 23.6 Å². The van der Waals surface area contributed by atoms with Crippen molar-refractivity contribution in [1.29, 1.82) is 0 Å². The Morgan fingerprint density at radius 3 is 3.11 bits per heavy atom. The maximum atomic E-state index is 11.9. The molecule has 7 nitrogen and oxygen atoms in total. The largest absolute Gasteiger partial charge is 0.342 e. The highest BCUT2D eigenvalue weighted by Crippen LogP contribution is 2.26. The summed E-state index contributed by atoms with van der Waals surface area (Å²) in [6, 6.07) is -0.0911. The molecule has 0 bridgehead atoms. The molecule has 1 aliphatic rings. The van der Waals surface area contributed by atoms with Gasteiger partial charge in [-0.1, -0.05) is 0 Å². The third-order valence-electron chi connectivity index (χ3n) is 3.00. The van der Waals surface area contributed by atoms with E-state index in [0.717, 1.165) is 30.7 Å². The van der Waals surface area contributed by atoms with Gasteiger partial charge in [-0.2, -0.15) is 15.4 Å². The van der Waals surface area contributed by atoms with Crippen LogP contribution in [0.4, 0.5) is 0 Å². The van der Waals surface area contributed by atoms with Crippen LogP contribution in [0.15, 0.2) is 18.6 Å². The van der Waals surface area contributed by atoms with Crippen LogP contribution < -0.4 is 5.32 Å². The van der Waals surface area contributed by atoms with Gasteiger partial charge in [0.15, 0.2) is 5.69 Å². The van der Waals surface area contributed by atoms with E-state index in [-0.39, 0.29) is 17.6 Å². The Morgan fingerprint density at radius 1 is 1.39 bits per heavy atom. The van der Waals surface area contributed by atoms with Gasteiger partial charge in [-0.25, -0.2) is 0 Å². The fourth-order valence-electron chi connectivity index (χ4n) is 2.16. The Kier molecular flexibility index (Phi) is 2.71. The molecule has 18 heavy (non-hydrogen) atoms. The summed E-state index contributed by atoms with van der Waals surface area (Å²) in [7, 11) is 0. The molecule has 2 aromatic rings. The van der Waals surface area contributed by atoms with Crippen molar-refractivity contribution in [3.05, 3.63) is 35.7 Å². The van der Waals surface area contributed by atoms with Crippen molar-refractivity contribution in [3.8, 4) is 0 Å². The summed E-state index contributed by atoms with van der Waals surface area (Å²) in [6.07, 6.45) is 7.51. The van der Waals surface area contributed by atoms with Crippen LogP contribution in [0.3, 0.4) is 0 Å². The van der Waals surface area contributed by atoms with E-state index in [0.29, 0.717) is 0 Å². The smallest absolute Gasteiger partial charge is 0.273 e. The molecule has 2 aromatic heterocycles. The fourth-order valence-corrected chi connectivity index (χ4v) is 2.16. The van der Waals surface area contributed by atoms with Gasteiger partial charge in [0, 0.05) is 12.4 Å². The molecule has 1 unspecified atom stereocenters. The number of hydrogen-bond acceptors (Lipinski definition) is 5. The topological polar surface area (TPSA) is 96.5 Å². The lowest BCUT2D eigenvalue weighted by Crippen LogP contribution is -2.32. The van der Waals surface area contributed by atoms with Gasteiger partial charge < -0.3 is 5.32 Å². The minimum absolute atomic E-state index is 0.0911. The molecule has 0 radical (unpaired) electrons. The van der Waals surface area contributed by atoms with E-state index in [4.69, 9.17) is 0 Å². The molecule has 0 saturated heterocycles. The first kappa shape index (κ1) is 10.8. The third kappa shape index (κ3) is 1.94. The molecule has 2 N–H and O–H groups in total. The summed E-state index contributed by atoms with van der Waals surface area (Å²) in [5.74, 6) is -0.243. The summed E-state index contributed by atoms with van der Waals surface area (Å²) in [6.45, 7) is 0. The maximum absolute atomic E-state index is 11.9. The predicted octanol–water partition coefficient (Wildman–Crippen LogP) is 0.402. The number of rotatable bonds is 2. The number of carbonyl (C=O) groups is 1. The van der Waals surface area contributed by atoms with Crippen LogP contribution in [0.25, 0.3) is 0 Å². The SMILES string of the molecule is O=C(NC1CCCc2nccnc21)c1cn[nH]n1. The Balaban J connectivity index is 1.80. The summed E-state index contributed by atoms with van der Waals surface area (Å²) < 4.78 is 0. The molecular formula is C11H12N6O. The van der Waals surface area contributed by atoms with E-state index in [1.165, 1.54) is 6.20 Å². The first-order valence-corrected chi connectivity index (χ1v) is 5.81. The number of aryl methyl sites for hydroxylation is 1. The van der Waals surface area contributed by atoms with Crippen molar-refractivity contribution in [2.75, 3.05) is 0 Å². The molecule has 0 saturated carbocycles. The van der Waals surface area contributed by atoms with Gasteiger partial charge in [-0.05, 0) is 19.3 Å². The molecule has 0 spiro atoms. The average molecular weight is 244 g/mol.